The summed E-state index contributed by atoms with van der Waals surface area (Å²) in [5.41, 5.74) is 0.641. The van der Waals surface area contributed by atoms with E-state index in [1.54, 1.807) is 14.1 Å². The van der Waals surface area contributed by atoms with Crippen LogP contribution >= 0.6 is 22.6 Å². The summed E-state index contributed by atoms with van der Waals surface area (Å²) in [7, 11) is 6.10. The molecule has 0 fully saturated rings. The fraction of sp³-hybridized carbons (Fsp3) is 0.222. The fourth-order valence-corrected chi connectivity index (χ4v) is 2.84. The molecule has 0 heterocycles. The molecule has 2 aromatic rings. The summed E-state index contributed by atoms with van der Waals surface area (Å²) in [5.74, 6) is -0.667. The first-order valence-electron chi connectivity index (χ1n) is 7.52. The summed E-state index contributed by atoms with van der Waals surface area (Å²) in [4.78, 5) is 26.5. The van der Waals surface area contributed by atoms with E-state index in [0.717, 1.165) is 6.07 Å². The summed E-state index contributed by atoms with van der Waals surface area (Å²) >= 11 is 1.95. The smallest absolute Gasteiger partial charge is 0.256 e. The summed E-state index contributed by atoms with van der Waals surface area (Å²) in [6.07, 6.45) is 0. The van der Waals surface area contributed by atoms with Crippen LogP contribution in [0, 0.1) is 9.39 Å². The van der Waals surface area contributed by atoms with E-state index in [2.05, 4.69) is 5.32 Å². The highest BCUT2D eigenvalue weighted by Gasteiger charge is 2.21. The second-order valence-corrected chi connectivity index (χ2v) is 6.69. The second-order valence-electron chi connectivity index (χ2n) is 5.53. The molecule has 0 aliphatic heterocycles. The largest absolute Gasteiger partial charge is 0.493 e. The first-order chi connectivity index (χ1) is 12.3. The lowest BCUT2D eigenvalue weighted by molar-refractivity contribution is 0.0828. The SMILES string of the molecule is COc1cc(NC(=O)c2cc(F)ccc2I)c(C(=O)N(C)C)cc1OC. The number of carbonyl (C=O) groups excluding carboxylic acids is 2. The number of hydrogen-bond donors (Lipinski definition) is 1. The van der Waals surface area contributed by atoms with E-state index < -0.39 is 11.7 Å². The topological polar surface area (TPSA) is 67.9 Å². The van der Waals surface area contributed by atoms with Gasteiger partial charge < -0.3 is 19.7 Å². The van der Waals surface area contributed by atoms with Crippen molar-refractivity contribution in [3.8, 4) is 11.5 Å². The van der Waals surface area contributed by atoms with Crippen molar-refractivity contribution < 1.29 is 23.5 Å². The summed E-state index contributed by atoms with van der Waals surface area (Å²) < 4.78 is 24.5. The predicted molar refractivity (Wildman–Crippen MR) is 105 cm³/mol. The average molecular weight is 472 g/mol. The molecule has 138 valence electrons. The number of carbonyl (C=O) groups is 2. The molecule has 0 aromatic heterocycles. The van der Waals surface area contributed by atoms with Crippen LogP contribution in [0.15, 0.2) is 30.3 Å². The van der Waals surface area contributed by atoms with Crippen LogP contribution in [0.4, 0.5) is 10.1 Å². The highest BCUT2D eigenvalue weighted by atomic mass is 127. The number of halogens is 2. The molecule has 26 heavy (non-hydrogen) atoms. The molecule has 0 saturated heterocycles. The zero-order valence-corrected chi connectivity index (χ0v) is 16.9. The van der Waals surface area contributed by atoms with E-state index >= 15 is 0 Å². The Morgan fingerprint density at radius 3 is 2.23 bits per heavy atom. The highest BCUT2D eigenvalue weighted by Crippen LogP contribution is 2.34. The Morgan fingerprint density at radius 2 is 1.65 bits per heavy atom. The molecule has 0 atom stereocenters. The van der Waals surface area contributed by atoms with E-state index in [0.29, 0.717) is 15.1 Å². The van der Waals surface area contributed by atoms with E-state index in [1.807, 2.05) is 22.6 Å². The summed E-state index contributed by atoms with van der Waals surface area (Å²) in [6, 6.07) is 6.92. The molecule has 0 bridgehead atoms. The highest BCUT2D eigenvalue weighted by molar-refractivity contribution is 14.1. The van der Waals surface area contributed by atoms with Crippen molar-refractivity contribution in [2.24, 2.45) is 0 Å². The molecule has 0 aliphatic rings. The minimum atomic E-state index is -0.533. The van der Waals surface area contributed by atoms with Crippen molar-refractivity contribution >= 4 is 40.1 Å². The number of anilines is 1. The number of methoxy groups -OCH3 is 2. The molecule has 0 aliphatic carbocycles. The normalized spacial score (nSPS) is 10.2. The van der Waals surface area contributed by atoms with E-state index in [9.17, 15) is 14.0 Å². The van der Waals surface area contributed by atoms with E-state index in [-0.39, 0.29) is 22.7 Å². The molecule has 2 rings (SSSR count). The van der Waals surface area contributed by atoms with Gasteiger partial charge in [0.25, 0.3) is 11.8 Å². The van der Waals surface area contributed by atoms with Gasteiger partial charge in [-0.05, 0) is 46.9 Å². The third-order valence-corrected chi connectivity index (χ3v) is 4.52. The van der Waals surface area contributed by atoms with Crippen molar-refractivity contribution in [3.63, 3.8) is 0 Å². The van der Waals surface area contributed by atoms with Crippen LogP contribution < -0.4 is 14.8 Å². The quantitative estimate of drug-likeness (QED) is 0.678. The van der Waals surface area contributed by atoms with E-state index in [4.69, 9.17) is 9.47 Å². The van der Waals surface area contributed by atoms with Gasteiger partial charge in [0.15, 0.2) is 11.5 Å². The molecular weight excluding hydrogens is 454 g/mol. The molecule has 0 unspecified atom stereocenters. The number of rotatable bonds is 5. The van der Waals surface area contributed by atoms with Crippen molar-refractivity contribution in [1.82, 2.24) is 4.90 Å². The molecule has 0 radical (unpaired) electrons. The lowest BCUT2D eigenvalue weighted by Crippen LogP contribution is -2.24. The standard InChI is InChI=1S/C18H18FIN2O4/c1-22(2)18(24)12-8-15(25-3)16(26-4)9-14(12)21-17(23)11-7-10(19)5-6-13(11)20/h5-9H,1-4H3,(H,21,23). The van der Waals surface area contributed by atoms with Gasteiger partial charge in [0, 0.05) is 23.7 Å². The van der Waals surface area contributed by atoms with Crippen LogP contribution in [0.1, 0.15) is 20.7 Å². The third-order valence-electron chi connectivity index (χ3n) is 3.58. The molecule has 8 heteroatoms. The van der Waals surface area contributed by atoms with Crippen LogP contribution in [-0.2, 0) is 0 Å². The third kappa shape index (κ3) is 4.24. The maximum absolute atomic E-state index is 13.5. The average Bonchev–Trinajstić information content (AvgIpc) is 2.62. The minimum absolute atomic E-state index is 0.170. The minimum Gasteiger partial charge on any atom is -0.493 e. The zero-order chi connectivity index (χ0) is 19.4. The Balaban J connectivity index is 2.51. The van der Waals surface area contributed by atoms with Gasteiger partial charge in [-0.2, -0.15) is 0 Å². The van der Waals surface area contributed by atoms with E-state index in [1.165, 1.54) is 43.4 Å². The number of nitrogens with one attached hydrogen (secondary N) is 1. The summed E-state index contributed by atoms with van der Waals surface area (Å²) in [6.45, 7) is 0. The second kappa shape index (κ2) is 8.35. The van der Waals surface area contributed by atoms with Crippen LogP contribution in [0.25, 0.3) is 0 Å². The molecule has 0 saturated carbocycles. The van der Waals surface area contributed by atoms with Crippen molar-refractivity contribution in [2.45, 2.75) is 0 Å². The molecular formula is C18H18FIN2O4. The van der Waals surface area contributed by atoms with Gasteiger partial charge in [-0.25, -0.2) is 4.39 Å². The van der Waals surface area contributed by atoms with Gasteiger partial charge in [0.1, 0.15) is 5.82 Å². The van der Waals surface area contributed by atoms with Gasteiger partial charge in [0.2, 0.25) is 0 Å². The number of hydrogen-bond acceptors (Lipinski definition) is 4. The zero-order valence-electron chi connectivity index (χ0n) is 14.7. The number of nitrogens with zero attached hydrogens (tertiary/aromatic N) is 1. The Bertz CT molecular complexity index is 855. The number of ether oxygens (including phenoxy) is 2. The van der Waals surface area contributed by atoms with Crippen molar-refractivity contribution in [3.05, 3.63) is 50.8 Å². The predicted octanol–water partition coefficient (Wildman–Crippen LogP) is 3.40. The Hall–Kier alpha value is -2.36. The molecule has 2 amide bonds. The van der Waals surface area contributed by atoms with Gasteiger partial charge >= 0.3 is 0 Å². The fourth-order valence-electron chi connectivity index (χ4n) is 2.26. The molecule has 2 aromatic carbocycles. The lowest BCUT2D eigenvalue weighted by Gasteiger charge is -2.18. The Labute approximate surface area is 164 Å². The van der Waals surface area contributed by atoms with Gasteiger partial charge in [0.05, 0.1) is 31.0 Å². The molecule has 0 spiro atoms. The van der Waals surface area contributed by atoms with Gasteiger partial charge in [-0.15, -0.1) is 0 Å². The van der Waals surface area contributed by atoms with Crippen LogP contribution in [0.3, 0.4) is 0 Å². The van der Waals surface area contributed by atoms with Crippen LogP contribution in [-0.4, -0.2) is 45.0 Å². The first-order valence-corrected chi connectivity index (χ1v) is 8.60. The molecule has 6 nitrogen and oxygen atoms in total. The first kappa shape index (κ1) is 20.0. The van der Waals surface area contributed by atoms with Gasteiger partial charge in [-0.1, -0.05) is 0 Å². The van der Waals surface area contributed by atoms with Crippen molar-refractivity contribution in [2.75, 3.05) is 33.6 Å². The maximum Gasteiger partial charge on any atom is 0.256 e. The Kier molecular flexibility index (Phi) is 6.41. The number of benzene rings is 2. The van der Waals surface area contributed by atoms with Crippen molar-refractivity contribution in [1.29, 1.82) is 0 Å². The lowest BCUT2D eigenvalue weighted by atomic mass is 10.1. The maximum atomic E-state index is 13.5. The monoisotopic (exact) mass is 472 g/mol. The van der Waals surface area contributed by atoms with Crippen LogP contribution in [0.2, 0.25) is 0 Å². The number of amides is 2. The summed E-state index contributed by atoms with van der Waals surface area (Å²) in [5, 5.41) is 2.66. The molecule has 1 N–H and O–H groups in total. The Morgan fingerprint density at radius 1 is 1.04 bits per heavy atom. The van der Waals surface area contributed by atoms with Gasteiger partial charge in [-0.3, -0.25) is 9.59 Å². The van der Waals surface area contributed by atoms with Crippen LogP contribution in [0.5, 0.6) is 11.5 Å².